The van der Waals surface area contributed by atoms with E-state index in [4.69, 9.17) is 5.11 Å². The fourth-order valence-electron chi connectivity index (χ4n) is 1.69. The second-order valence-corrected chi connectivity index (χ2v) is 8.53. The maximum atomic E-state index is 12.1. The zero-order valence-electron chi connectivity index (χ0n) is 11.2. The largest absolute Gasteiger partial charge is 0.391 e. The Morgan fingerprint density at radius 2 is 2.15 bits per heavy atom. The first-order chi connectivity index (χ1) is 9.42. The first-order valence-electron chi connectivity index (χ1n) is 6.03. The van der Waals surface area contributed by atoms with Crippen LogP contribution in [-0.4, -0.2) is 25.1 Å². The van der Waals surface area contributed by atoms with Gasteiger partial charge < -0.3 is 5.11 Å². The molecule has 0 saturated carbocycles. The average molecular weight is 332 g/mol. The van der Waals surface area contributed by atoms with E-state index >= 15 is 0 Å². The Labute approximate surface area is 126 Å². The molecular formula is C12H16N2O3S3. The van der Waals surface area contributed by atoms with E-state index in [-0.39, 0.29) is 10.8 Å². The van der Waals surface area contributed by atoms with Crippen LogP contribution in [0.4, 0.5) is 0 Å². The number of hydrogen-bond acceptors (Lipinski definition) is 6. The molecule has 0 atom stereocenters. The lowest BCUT2D eigenvalue weighted by Crippen LogP contribution is -2.25. The van der Waals surface area contributed by atoms with E-state index in [1.807, 2.05) is 12.3 Å². The molecule has 2 aromatic rings. The number of aryl methyl sites for hydroxylation is 2. The highest BCUT2D eigenvalue weighted by Crippen LogP contribution is 2.25. The Morgan fingerprint density at radius 3 is 2.70 bits per heavy atom. The summed E-state index contributed by atoms with van der Waals surface area (Å²) in [7, 11) is -3.50. The van der Waals surface area contributed by atoms with Gasteiger partial charge in [-0.3, -0.25) is 0 Å². The lowest BCUT2D eigenvalue weighted by atomic mass is 10.3. The second-order valence-electron chi connectivity index (χ2n) is 4.34. The van der Waals surface area contributed by atoms with Crippen molar-refractivity contribution in [3.8, 4) is 0 Å². The summed E-state index contributed by atoms with van der Waals surface area (Å²) < 4.78 is 27.0. The molecule has 8 heteroatoms. The fraction of sp³-hybridized carbons (Fsp3) is 0.417. The van der Waals surface area contributed by atoms with Crippen LogP contribution in [-0.2, 0) is 23.1 Å². The zero-order chi connectivity index (χ0) is 14.8. The molecule has 0 aliphatic carbocycles. The molecule has 0 amide bonds. The topological polar surface area (TPSA) is 79.3 Å². The Morgan fingerprint density at radius 1 is 1.40 bits per heavy atom. The van der Waals surface area contributed by atoms with E-state index < -0.39 is 10.0 Å². The minimum absolute atomic E-state index is 0.135. The number of nitrogens with zero attached hydrogens (tertiary/aromatic N) is 1. The van der Waals surface area contributed by atoms with Crippen LogP contribution < -0.4 is 4.72 Å². The van der Waals surface area contributed by atoms with Crippen LogP contribution in [0.25, 0.3) is 0 Å². The summed E-state index contributed by atoms with van der Waals surface area (Å²) in [6.45, 7) is 3.89. The van der Waals surface area contributed by atoms with Crippen molar-refractivity contribution in [1.29, 1.82) is 0 Å². The van der Waals surface area contributed by atoms with Crippen molar-refractivity contribution >= 4 is 32.7 Å². The molecule has 2 heterocycles. The van der Waals surface area contributed by atoms with Gasteiger partial charge in [0.05, 0.1) is 17.3 Å². The van der Waals surface area contributed by atoms with E-state index in [0.29, 0.717) is 17.8 Å². The molecule has 110 valence electrons. The molecule has 0 aliphatic heterocycles. The number of aromatic nitrogens is 1. The predicted molar refractivity (Wildman–Crippen MR) is 80.7 cm³/mol. The van der Waals surface area contributed by atoms with Gasteiger partial charge in [-0.15, -0.1) is 22.7 Å². The van der Waals surface area contributed by atoms with Crippen molar-refractivity contribution < 1.29 is 13.5 Å². The maximum absolute atomic E-state index is 12.1. The summed E-state index contributed by atoms with van der Waals surface area (Å²) in [6, 6.07) is 1.59. The first-order valence-corrected chi connectivity index (χ1v) is 9.21. The second kappa shape index (κ2) is 6.31. The van der Waals surface area contributed by atoms with Crippen LogP contribution >= 0.6 is 22.7 Å². The summed E-state index contributed by atoms with van der Waals surface area (Å²) in [6.07, 6.45) is 0.570. The van der Waals surface area contributed by atoms with Gasteiger partial charge in [0.1, 0.15) is 4.21 Å². The smallest absolute Gasteiger partial charge is 0.250 e. The number of nitrogens with one attached hydrogen (secondary N) is 1. The minimum Gasteiger partial charge on any atom is -0.391 e. The first kappa shape index (κ1) is 15.6. The average Bonchev–Trinajstić information content (AvgIpc) is 2.95. The molecule has 20 heavy (non-hydrogen) atoms. The quantitative estimate of drug-likeness (QED) is 0.846. The van der Waals surface area contributed by atoms with Gasteiger partial charge in [0.2, 0.25) is 10.0 Å². The molecule has 0 aliphatic rings. The minimum atomic E-state index is -3.50. The van der Waals surface area contributed by atoms with Gasteiger partial charge in [-0.05, 0) is 25.5 Å². The summed E-state index contributed by atoms with van der Waals surface area (Å²) in [5.74, 6) is 0. The number of aliphatic hydroxyl groups is 1. The maximum Gasteiger partial charge on any atom is 0.250 e. The standard InChI is InChI=1S/C12H16N2O3S3/c1-8-5-12(19-11(8)6-15)20(16,17)13-4-3-10-7-18-9(2)14-10/h5,7,13,15H,3-4,6H2,1-2H3. The molecule has 0 unspecified atom stereocenters. The van der Waals surface area contributed by atoms with E-state index in [1.54, 1.807) is 24.3 Å². The Bertz CT molecular complexity index is 689. The molecule has 0 saturated heterocycles. The molecule has 2 rings (SSSR count). The van der Waals surface area contributed by atoms with Crippen molar-refractivity contribution in [2.24, 2.45) is 0 Å². The highest BCUT2D eigenvalue weighted by molar-refractivity contribution is 7.91. The molecule has 0 bridgehead atoms. The number of thiophene rings is 1. The van der Waals surface area contributed by atoms with Gasteiger partial charge in [-0.1, -0.05) is 0 Å². The normalized spacial score (nSPS) is 11.9. The molecule has 5 nitrogen and oxygen atoms in total. The van der Waals surface area contributed by atoms with Crippen LogP contribution in [0.1, 0.15) is 21.1 Å². The Hall–Kier alpha value is -0.800. The SMILES string of the molecule is Cc1nc(CCNS(=O)(=O)c2cc(C)c(CO)s2)cs1. The van der Waals surface area contributed by atoms with Gasteiger partial charge in [-0.25, -0.2) is 18.1 Å². The lowest BCUT2D eigenvalue weighted by molar-refractivity contribution is 0.285. The summed E-state index contributed by atoms with van der Waals surface area (Å²) >= 11 is 2.66. The summed E-state index contributed by atoms with van der Waals surface area (Å²) in [5, 5.41) is 12.0. The molecular weight excluding hydrogens is 316 g/mol. The highest BCUT2D eigenvalue weighted by atomic mass is 32.2. The zero-order valence-corrected chi connectivity index (χ0v) is 13.7. The van der Waals surface area contributed by atoms with Crippen LogP contribution in [0.15, 0.2) is 15.7 Å². The monoisotopic (exact) mass is 332 g/mol. The van der Waals surface area contributed by atoms with E-state index in [2.05, 4.69) is 9.71 Å². The molecule has 0 fully saturated rings. The Kier molecular flexibility index (Phi) is 4.92. The number of thiazole rings is 1. The van der Waals surface area contributed by atoms with E-state index in [1.165, 1.54) is 0 Å². The fourth-order valence-corrected chi connectivity index (χ4v) is 4.86. The highest BCUT2D eigenvalue weighted by Gasteiger charge is 2.18. The summed E-state index contributed by atoms with van der Waals surface area (Å²) in [4.78, 5) is 4.97. The van der Waals surface area contributed by atoms with Crippen molar-refractivity contribution in [2.45, 2.75) is 31.1 Å². The van der Waals surface area contributed by atoms with Crippen LogP contribution in [0, 0.1) is 13.8 Å². The van der Waals surface area contributed by atoms with E-state index in [0.717, 1.165) is 27.6 Å². The van der Waals surface area contributed by atoms with Gasteiger partial charge in [-0.2, -0.15) is 0 Å². The van der Waals surface area contributed by atoms with Crippen molar-refractivity contribution in [2.75, 3.05) is 6.54 Å². The predicted octanol–water partition coefficient (Wildman–Crippen LogP) is 1.83. The number of sulfonamides is 1. The third-order valence-corrected chi connectivity index (χ3v) is 6.73. The molecule has 2 aromatic heterocycles. The third-order valence-electron chi connectivity index (χ3n) is 2.75. The number of rotatable bonds is 6. The van der Waals surface area contributed by atoms with E-state index in [9.17, 15) is 8.42 Å². The number of aliphatic hydroxyl groups excluding tert-OH is 1. The van der Waals surface area contributed by atoms with Crippen LogP contribution in [0.3, 0.4) is 0 Å². The van der Waals surface area contributed by atoms with Gasteiger partial charge in [0.15, 0.2) is 0 Å². The molecule has 2 N–H and O–H groups in total. The third kappa shape index (κ3) is 3.64. The van der Waals surface area contributed by atoms with Crippen molar-refractivity contribution in [3.05, 3.63) is 32.6 Å². The molecule has 0 radical (unpaired) electrons. The van der Waals surface area contributed by atoms with Crippen LogP contribution in [0.5, 0.6) is 0 Å². The van der Waals surface area contributed by atoms with Crippen molar-refractivity contribution in [1.82, 2.24) is 9.71 Å². The van der Waals surface area contributed by atoms with Crippen molar-refractivity contribution in [3.63, 3.8) is 0 Å². The lowest BCUT2D eigenvalue weighted by Gasteiger charge is -2.03. The summed E-state index contributed by atoms with van der Waals surface area (Å²) in [5.41, 5.74) is 1.70. The molecule has 0 spiro atoms. The van der Waals surface area contributed by atoms with Gasteiger partial charge in [0.25, 0.3) is 0 Å². The Balaban J connectivity index is 2.00. The van der Waals surface area contributed by atoms with Crippen LogP contribution in [0.2, 0.25) is 0 Å². The van der Waals surface area contributed by atoms with Gasteiger partial charge in [0, 0.05) is 23.2 Å². The van der Waals surface area contributed by atoms with Gasteiger partial charge >= 0.3 is 0 Å². The molecule has 0 aromatic carbocycles. The number of hydrogen-bond donors (Lipinski definition) is 2.